The fourth-order valence-corrected chi connectivity index (χ4v) is 2.59. The number of rotatable bonds is 8. The van der Waals surface area contributed by atoms with Gasteiger partial charge in [-0.05, 0) is 30.7 Å². The third-order valence-electron chi connectivity index (χ3n) is 2.35. The van der Waals surface area contributed by atoms with Gasteiger partial charge < -0.3 is 10.1 Å². The molecule has 0 aliphatic carbocycles. The van der Waals surface area contributed by atoms with Gasteiger partial charge in [0.25, 0.3) is 0 Å². The Labute approximate surface area is 113 Å². The summed E-state index contributed by atoms with van der Waals surface area (Å²) in [6, 6.07) is 6.28. The van der Waals surface area contributed by atoms with Gasteiger partial charge in [0.1, 0.15) is 0 Å². The molecule has 0 aliphatic rings. The second-order valence-electron chi connectivity index (χ2n) is 3.73. The van der Waals surface area contributed by atoms with E-state index in [0.29, 0.717) is 0 Å². The van der Waals surface area contributed by atoms with Gasteiger partial charge in [-0.25, -0.2) is 0 Å². The van der Waals surface area contributed by atoms with Gasteiger partial charge in [-0.3, -0.25) is 0 Å². The third-order valence-corrected chi connectivity index (χ3v) is 3.78. The maximum atomic E-state index is 6.23. The standard InChI is InChI=1S/C13H20ClNOS/c1-3-15-10-11-5-6-12(9-13(11)14)17-8-4-7-16-2/h5-6,9,15H,3-4,7-8,10H2,1-2H3. The van der Waals surface area contributed by atoms with Crippen molar-refractivity contribution in [1.29, 1.82) is 0 Å². The van der Waals surface area contributed by atoms with Crippen LogP contribution in [0.4, 0.5) is 0 Å². The normalized spacial score (nSPS) is 10.8. The fraction of sp³-hybridized carbons (Fsp3) is 0.538. The Kier molecular flexibility index (Phi) is 7.69. The molecule has 1 N–H and O–H groups in total. The molecule has 1 rings (SSSR count). The number of benzene rings is 1. The highest BCUT2D eigenvalue weighted by Gasteiger charge is 2.02. The number of hydrogen-bond acceptors (Lipinski definition) is 3. The molecular weight excluding hydrogens is 254 g/mol. The second-order valence-corrected chi connectivity index (χ2v) is 5.30. The minimum Gasteiger partial charge on any atom is -0.385 e. The predicted octanol–water partition coefficient (Wildman–Crippen LogP) is 3.58. The van der Waals surface area contributed by atoms with Crippen LogP contribution in [0, 0.1) is 0 Å². The number of halogens is 1. The topological polar surface area (TPSA) is 21.3 Å². The van der Waals surface area contributed by atoms with Gasteiger partial charge in [0.15, 0.2) is 0 Å². The van der Waals surface area contributed by atoms with Crippen LogP contribution < -0.4 is 5.32 Å². The first kappa shape index (κ1) is 14.8. The van der Waals surface area contributed by atoms with E-state index in [4.69, 9.17) is 16.3 Å². The molecule has 4 heteroatoms. The van der Waals surface area contributed by atoms with Crippen molar-refractivity contribution in [2.75, 3.05) is 26.0 Å². The average Bonchev–Trinajstić information content (AvgIpc) is 2.34. The first-order chi connectivity index (χ1) is 8.27. The van der Waals surface area contributed by atoms with Crippen LogP contribution in [0.25, 0.3) is 0 Å². The number of ether oxygens (including phenoxy) is 1. The average molecular weight is 274 g/mol. The Morgan fingerprint density at radius 2 is 2.24 bits per heavy atom. The molecule has 0 aliphatic heterocycles. The molecule has 2 nitrogen and oxygen atoms in total. The van der Waals surface area contributed by atoms with Crippen molar-refractivity contribution in [3.05, 3.63) is 28.8 Å². The summed E-state index contributed by atoms with van der Waals surface area (Å²) < 4.78 is 5.02. The molecule has 96 valence electrons. The molecule has 0 radical (unpaired) electrons. The summed E-state index contributed by atoms with van der Waals surface area (Å²) in [7, 11) is 1.73. The van der Waals surface area contributed by atoms with Crippen LogP contribution in [0.5, 0.6) is 0 Å². The number of nitrogens with one attached hydrogen (secondary N) is 1. The van der Waals surface area contributed by atoms with Crippen molar-refractivity contribution in [2.45, 2.75) is 24.8 Å². The second kappa shape index (κ2) is 8.81. The van der Waals surface area contributed by atoms with E-state index in [0.717, 1.165) is 42.5 Å². The fourth-order valence-electron chi connectivity index (χ4n) is 1.41. The molecule has 0 saturated carbocycles. The molecular formula is C13H20ClNOS. The molecule has 1 aromatic rings. The summed E-state index contributed by atoms with van der Waals surface area (Å²) in [6.45, 7) is 4.71. The van der Waals surface area contributed by atoms with Crippen LogP contribution in [0.2, 0.25) is 5.02 Å². The first-order valence-corrected chi connectivity index (χ1v) is 7.25. The highest BCUT2D eigenvalue weighted by Crippen LogP contribution is 2.25. The van der Waals surface area contributed by atoms with Gasteiger partial charge >= 0.3 is 0 Å². The molecule has 0 bridgehead atoms. The molecule has 0 unspecified atom stereocenters. The highest BCUT2D eigenvalue weighted by molar-refractivity contribution is 7.99. The SMILES string of the molecule is CCNCc1ccc(SCCCOC)cc1Cl. The molecule has 0 fully saturated rings. The van der Waals surface area contributed by atoms with Gasteiger partial charge in [0.05, 0.1) is 0 Å². The van der Waals surface area contributed by atoms with Crippen LogP contribution in [0.3, 0.4) is 0 Å². The van der Waals surface area contributed by atoms with E-state index >= 15 is 0 Å². The zero-order valence-corrected chi connectivity index (χ0v) is 12.0. The maximum Gasteiger partial charge on any atom is 0.0470 e. The Balaban J connectivity index is 2.44. The Hall–Kier alpha value is -0.220. The lowest BCUT2D eigenvalue weighted by molar-refractivity contribution is 0.200. The van der Waals surface area contributed by atoms with Crippen LogP contribution >= 0.6 is 23.4 Å². The van der Waals surface area contributed by atoms with Crippen molar-refractivity contribution >= 4 is 23.4 Å². The number of methoxy groups -OCH3 is 1. The van der Waals surface area contributed by atoms with Crippen LogP contribution in [-0.2, 0) is 11.3 Å². The van der Waals surface area contributed by atoms with E-state index < -0.39 is 0 Å². The quantitative estimate of drug-likeness (QED) is 0.578. The third kappa shape index (κ3) is 5.77. The lowest BCUT2D eigenvalue weighted by Crippen LogP contribution is -2.11. The van der Waals surface area contributed by atoms with Gasteiger partial charge in [-0.1, -0.05) is 24.6 Å². The van der Waals surface area contributed by atoms with Crippen molar-refractivity contribution in [3.8, 4) is 0 Å². The Bertz CT molecular complexity index is 333. The largest absolute Gasteiger partial charge is 0.385 e. The van der Waals surface area contributed by atoms with Crippen molar-refractivity contribution < 1.29 is 4.74 Å². The lowest BCUT2D eigenvalue weighted by atomic mass is 10.2. The van der Waals surface area contributed by atoms with Gasteiger partial charge in [0, 0.05) is 35.9 Å². The van der Waals surface area contributed by atoms with Crippen LogP contribution in [0.1, 0.15) is 18.9 Å². The van der Waals surface area contributed by atoms with Gasteiger partial charge in [-0.15, -0.1) is 11.8 Å². The van der Waals surface area contributed by atoms with Crippen LogP contribution in [-0.4, -0.2) is 26.0 Å². The zero-order valence-electron chi connectivity index (χ0n) is 10.5. The molecule has 0 saturated heterocycles. The number of thioether (sulfide) groups is 1. The van der Waals surface area contributed by atoms with E-state index in [1.165, 1.54) is 4.90 Å². The first-order valence-electron chi connectivity index (χ1n) is 5.88. The Morgan fingerprint density at radius 3 is 2.88 bits per heavy atom. The summed E-state index contributed by atoms with van der Waals surface area (Å²) in [5, 5.41) is 4.13. The van der Waals surface area contributed by atoms with E-state index in [-0.39, 0.29) is 0 Å². The zero-order chi connectivity index (χ0) is 12.5. The molecule has 0 spiro atoms. The van der Waals surface area contributed by atoms with Crippen molar-refractivity contribution in [1.82, 2.24) is 5.32 Å². The van der Waals surface area contributed by atoms with E-state index in [9.17, 15) is 0 Å². The van der Waals surface area contributed by atoms with Gasteiger partial charge in [-0.2, -0.15) is 0 Å². The van der Waals surface area contributed by atoms with E-state index in [1.807, 2.05) is 17.8 Å². The van der Waals surface area contributed by atoms with E-state index in [2.05, 4.69) is 24.4 Å². The number of hydrogen-bond donors (Lipinski definition) is 1. The predicted molar refractivity (Wildman–Crippen MR) is 76.0 cm³/mol. The summed E-state index contributed by atoms with van der Waals surface area (Å²) in [5.74, 6) is 1.07. The van der Waals surface area contributed by atoms with E-state index in [1.54, 1.807) is 7.11 Å². The molecule has 0 aromatic heterocycles. The summed E-state index contributed by atoms with van der Waals surface area (Å²) in [5.41, 5.74) is 1.16. The minimum atomic E-state index is 0.819. The smallest absolute Gasteiger partial charge is 0.0470 e. The molecule has 1 aromatic carbocycles. The Morgan fingerprint density at radius 1 is 1.41 bits per heavy atom. The summed E-state index contributed by atoms with van der Waals surface area (Å²) in [6.07, 6.45) is 1.07. The monoisotopic (exact) mass is 273 g/mol. The van der Waals surface area contributed by atoms with Gasteiger partial charge in [0.2, 0.25) is 0 Å². The minimum absolute atomic E-state index is 0.819. The highest BCUT2D eigenvalue weighted by atomic mass is 35.5. The molecule has 0 atom stereocenters. The maximum absolute atomic E-state index is 6.23. The molecule has 0 heterocycles. The van der Waals surface area contributed by atoms with Crippen molar-refractivity contribution in [3.63, 3.8) is 0 Å². The van der Waals surface area contributed by atoms with Crippen molar-refractivity contribution in [2.24, 2.45) is 0 Å². The van der Waals surface area contributed by atoms with Crippen LogP contribution in [0.15, 0.2) is 23.1 Å². The summed E-state index contributed by atoms with van der Waals surface area (Å²) in [4.78, 5) is 1.23. The molecule has 17 heavy (non-hydrogen) atoms. The summed E-state index contributed by atoms with van der Waals surface area (Å²) >= 11 is 8.05. The lowest BCUT2D eigenvalue weighted by Gasteiger charge is -2.07. The molecule has 0 amide bonds.